The maximum atomic E-state index is 12.8. The number of anilines is 1. The fourth-order valence-electron chi connectivity index (χ4n) is 2.98. The van der Waals surface area contributed by atoms with E-state index in [2.05, 4.69) is 5.32 Å². The molecule has 3 rings (SSSR count). The molecule has 0 unspecified atom stereocenters. The first kappa shape index (κ1) is 18.0. The Morgan fingerprint density at radius 1 is 1.08 bits per heavy atom. The maximum Gasteiger partial charge on any atom is 0.416 e. The zero-order valence-corrected chi connectivity index (χ0v) is 14.2. The van der Waals surface area contributed by atoms with Gasteiger partial charge in [-0.1, -0.05) is 11.6 Å². The number of piperidine rings is 1. The molecule has 4 nitrogen and oxygen atoms in total. The number of nitrogens with zero attached hydrogens (tertiary/aromatic N) is 1. The van der Waals surface area contributed by atoms with Crippen molar-refractivity contribution >= 4 is 29.1 Å². The smallest absolute Gasteiger partial charge is 0.342 e. The summed E-state index contributed by atoms with van der Waals surface area (Å²) in [6.07, 6.45) is -1.62. The molecule has 1 saturated carbocycles. The average Bonchev–Trinajstić information content (AvgIpc) is 3.40. The molecule has 0 bridgehead atoms. The van der Waals surface area contributed by atoms with Crippen LogP contribution in [0.15, 0.2) is 18.2 Å². The molecule has 0 atom stereocenters. The van der Waals surface area contributed by atoms with Crippen molar-refractivity contribution in [1.82, 2.24) is 4.90 Å². The Labute approximate surface area is 148 Å². The van der Waals surface area contributed by atoms with Gasteiger partial charge in [0.15, 0.2) is 0 Å². The van der Waals surface area contributed by atoms with Crippen LogP contribution in [0.5, 0.6) is 0 Å². The molecule has 0 spiro atoms. The minimum Gasteiger partial charge on any atom is -0.342 e. The third kappa shape index (κ3) is 4.26. The van der Waals surface area contributed by atoms with Crippen LogP contribution in [0.4, 0.5) is 18.9 Å². The van der Waals surface area contributed by atoms with E-state index in [1.54, 1.807) is 4.90 Å². The molecule has 1 N–H and O–H groups in total. The highest BCUT2D eigenvalue weighted by atomic mass is 35.5. The molecule has 1 aromatic rings. The number of carbonyl (C=O) groups excluding carboxylic acids is 2. The van der Waals surface area contributed by atoms with E-state index in [-0.39, 0.29) is 34.4 Å². The maximum absolute atomic E-state index is 12.8. The summed E-state index contributed by atoms with van der Waals surface area (Å²) in [7, 11) is 0. The van der Waals surface area contributed by atoms with Crippen LogP contribution in [0, 0.1) is 11.8 Å². The van der Waals surface area contributed by atoms with E-state index in [0.717, 1.165) is 31.0 Å². The fourth-order valence-corrected chi connectivity index (χ4v) is 3.15. The van der Waals surface area contributed by atoms with Gasteiger partial charge in [-0.3, -0.25) is 9.59 Å². The molecular weight excluding hydrogens is 357 g/mol. The van der Waals surface area contributed by atoms with E-state index in [4.69, 9.17) is 11.6 Å². The highest BCUT2D eigenvalue weighted by Crippen LogP contribution is 2.35. The number of benzene rings is 1. The Balaban J connectivity index is 1.60. The second kappa shape index (κ2) is 6.86. The number of rotatable bonds is 3. The van der Waals surface area contributed by atoms with Gasteiger partial charge in [0.25, 0.3) is 0 Å². The molecule has 2 fully saturated rings. The summed E-state index contributed by atoms with van der Waals surface area (Å²) in [5.74, 6) is -0.400. The number of hydrogen-bond donors (Lipinski definition) is 1. The molecule has 2 aliphatic rings. The predicted molar refractivity (Wildman–Crippen MR) is 87.1 cm³/mol. The third-order valence-electron chi connectivity index (χ3n) is 4.66. The molecule has 0 radical (unpaired) electrons. The Hall–Kier alpha value is -1.76. The molecule has 8 heteroatoms. The highest BCUT2D eigenvalue weighted by Gasteiger charge is 2.36. The molecule has 1 saturated heterocycles. The van der Waals surface area contributed by atoms with E-state index >= 15 is 0 Å². The standard InChI is InChI=1S/C17H18ClF3N2O2/c18-13-4-3-12(17(19,20)21)9-14(13)22-15(24)10-5-7-23(8-6-10)16(25)11-1-2-11/h3-4,9-11H,1-2,5-8H2,(H,22,24). The number of likely N-dealkylation sites (tertiary alicyclic amines) is 1. The van der Waals surface area contributed by atoms with Crippen LogP contribution in [-0.4, -0.2) is 29.8 Å². The molecule has 1 aliphatic carbocycles. The van der Waals surface area contributed by atoms with Gasteiger partial charge in [-0.25, -0.2) is 0 Å². The molecular formula is C17H18ClF3N2O2. The Bertz CT molecular complexity index is 681. The van der Waals surface area contributed by atoms with Crippen molar-refractivity contribution in [1.29, 1.82) is 0 Å². The first-order chi connectivity index (χ1) is 11.8. The van der Waals surface area contributed by atoms with Crippen molar-refractivity contribution in [3.8, 4) is 0 Å². The van der Waals surface area contributed by atoms with Crippen LogP contribution in [0.2, 0.25) is 5.02 Å². The molecule has 2 amide bonds. The normalized spacial score (nSPS) is 19.0. The van der Waals surface area contributed by atoms with Gasteiger partial charge in [-0.15, -0.1) is 0 Å². The quantitative estimate of drug-likeness (QED) is 0.871. The molecule has 0 aromatic heterocycles. The van der Waals surface area contributed by atoms with Crippen molar-refractivity contribution in [2.45, 2.75) is 31.9 Å². The Morgan fingerprint density at radius 2 is 1.72 bits per heavy atom. The fraction of sp³-hybridized carbons (Fsp3) is 0.529. The lowest BCUT2D eigenvalue weighted by Gasteiger charge is -2.31. The van der Waals surface area contributed by atoms with E-state index < -0.39 is 11.7 Å². The molecule has 1 heterocycles. The van der Waals surface area contributed by atoms with Gasteiger partial charge < -0.3 is 10.2 Å². The Kier molecular flexibility index (Phi) is 4.95. The van der Waals surface area contributed by atoms with Gasteiger partial charge in [0.1, 0.15) is 0 Å². The lowest BCUT2D eigenvalue weighted by atomic mass is 9.95. The van der Waals surface area contributed by atoms with Gasteiger partial charge in [0.05, 0.1) is 16.3 Å². The van der Waals surface area contributed by atoms with Crippen molar-refractivity contribution < 1.29 is 22.8 Å². The monoisotopic (exact) mass is 374 g/mol. The van der Waals surface area contributed by atoms with E-state index in [1.807, 2.05) is 0 Å². The molecule has 1 aliphatic heterocycles. The summed E-state index contributed by atoms with van der Waals surface area (Å²) in [5.41, 5.74) is -0.907. The highest BCUT2D eigenvalue weighted by molar-refractivity contribution is 6.33. The van der Waals surface area contributed by atoms with Crippen molar-refractivity contribution in [3.05, 3.63) is 28.8 Å². The van der Waals surface area contributed by atoms with Crippen LogP contribution in [0.3, 0.4) is 0 Å². The van der Waals surface area contributed by atoms with Crippen molar-refractivity contribution in [2.24, 2.45) is 11.8 Å². The van der Waals surface area contributed by atoms with Crippen molar-refractivity contribution in [2.75, 3.05) is 18.4 Å². The van der Waals surface area contributed by atoms with Gasteiger partial charge in [-0.2, -0.15) is 13.2 Å². The van der Waals surface area contributed by atoms with Crippen LogP contribution in [0.25, 0.3) is 0 Å². The lowest BCUT2D eigenvalue weighted by molar-refractivity contribution is -0.137. The minimum atomic E-state index is -4.50. The molecule has 25 heavy (non-hydrogen) atoms. The first-order valence-corrected chi connectivity index (χ1v) is 8.60. The second-order valence-electron chi connectivity index (χ2n) is 6.56. The van der Waals surface area contributed by atoms with Gasteiger partial charge >= 0.3 is 6.18 Å². The number of nitrogens with one attached hydrogen (secondary N) is 1. The minimum absolute atomic E-state index is 0.0435. The average molecular weight is 375 g/mol. The number of amides is 2. The number of carbonyl (C=O) groups is 2. The van der Waals surface area contributed by atoms with Crippen LogP contribution < -0.4 is 5.32 Å². The summed E-state index contributed by atoms with van der Waals surface area (Å²) in [6.45, 7) is 1.01. The van der Waals surface area contributed by atoms with Crippen LogP contribution in [0.1, 0.15) is 31.2 Å². The number of alkyl halides is 3. The van der Waals surface area contributed by atoms with E-state index in [9.17, 15) is 22.8 Å². The third-order valence-corrected chi connectivity index (χ3v) is 4.99. The zero-order chi connectivity index (χ0) is 18.2. The largest absolute Gasteiger partial charge is 0.416 e. The first-order valence-electron chi connectivity index (χ1n) is 8.22. The predicted octanol–water partition coefficient (Wildman–Crippen LogP) is 3.95. The summed E-state index contributed by atoms with van der Waals surface area (Å²) >= 11 is 5.90. The van der Waals surface area contributed by atoms with Gasteiger partial charge in [0.2, 0.25) is 11.8 Å². The lowest BCUT2D eigenvalue weighted by Crippen LogP contribution is -2.42. The van der Waals surface area contributed by atoms with Crippen LogP contribution >= 0.6 is 11.6 Å². The molecule has 136 valence electrons. The Morgan fingerprint density at radius 3 is 2.28 bits per heavy atom. The summed E-state index contributed by atoms with van der Waals surface area (Å²) in [6, 6.07) is 2.84. The topological polar surface area (TPSA) is 49.4 Å². The molecule has 1 aromatic carbocycles. The second-order valence-corrected chi connectivity index (χ2v) is 6.96. The summed E-state index contributed by atoms with van der Waals surface area (Å²) in [4.78, 5) is 26.1. The summed E-state index contributed by atoms with van der Waals surface area (Å²) in [5, 5.41) is 2.56. The van der Waals surface area contributed by atoms with Gasteiger partial charge in [0, 0.05) is 24.9 Å². The van der Waals surface area contributed by atoms with Crippen molar-refractivity contribution in [3.63, 3.8) is 0 Å². The number of halogens is 4. The SMILES string of the molecule is O=C(Nc1cc(C(F)(F)F)ccc1Cl)C1CCN(C(=O)C2CC2)CC1. The van der Waals surface area contributed by atoms with Gasteiger partial charge in [-0.05, 0) is 43.9 Å². The summed E-state index contributed by atoms with van der Waals surface area (Å²) < 4.78 is 38.4. The van der Waals surface area contributed by atoms with Crippen LogP contribution in [-0.2, 0) is 15.8 Å². The van der Waals surface area contributed by atoms with E-state index in [1.165, 1.54) is 0 Å². The zero-order valence-electron chi connectivity index (χ0n) is 13.4. The number of hydrogen-bond acceptors (Lipinski definition) is 2. The van der Waals surface area contributed by atoms with E-state index in [0.29, 0.717) is 25.9 Å².